The van der Waals surface area contributed by atoms with Crippen molar-refractivity contribution in [1.82, 2.24) is 0 Å². The molecule has 0 saturated heterocycles. The van der Waals surface area contributed by atoms with Crippen LogP contribution in [0.3, 0.4) is 0 Å². The van der Waals surface area contributed by atoms with Gasteiger partial charge in [0.15, 0.2) is 0 Å². The molecule has 0 spiro atoms. The van der Waals surface area contributed by atoms with Gasteiger partial charge in [-0.15, -0.1) is 0 Å². The quantitative estimate of drug-likeness (QED) is 0.809. The lowest BCUT2D eigenvalue weighted by molar-refractivity contribution is 0.587. The van der Waals surface area contributed by atoms with Gasteiger partial charge >= 0.3 is 0 Å². The summed E-state index contributed by atoms with van der Waals surface area (Å²) in [6.45, 7) is 0.0353. The predicted molar refractivity (Wildman–Crippen MR) is 72.8 cm³/mol. The molecule has 0 amide bonds. The molecule has 19 heavy (non-hydrogen) atoms. The maximum absolute atomic E-state index is 13.4. The van der Waals surface area contributed by atoms with Crippen LogP contribution in [0, 0.1) is 17.5 Å². The highest BCUT2D eigenvalue weighted by Crippen LogP contribution is 2.32. The van der Waals surface area contributed by atoms with Crippen molar-refractivity contribution in [3.05, 3.63) is 62.8 Å². The molecule has 1 nitrogen and oxygen atoms in total. The molecule has 6 heteroatoms. The molecule has 0 saturated carbocycles. The van der Waals surface area contributed by atoms with Gasteiger partial charge in [0.25, 0.3) is 0 Å². The third-order valence-corrected chi connectivity index (χ3v) is 3.39. The molecule has 0 aliphatic rings. The molecule has 0 atom stereocenters. The number of anilines is 1. The van der Waals surface area contributed by atoms with Crippen LogP contribution < -0.4 is 5.32 Å². The smallest absolute Gasteiger partial charge is 0.128 e. The maximum Gasteiger partial charge on any atom is 0.128 e. The fraction of sp³-hybridized carbons (Fsp3) is 0.0769. The van der Waals surface area contributed by atoms with Gasteiger partial charge in [0.1, 0.15) is 17.5 Å². The van der Waals surface area contributed by atoms with Crippen molar-refractivity contribution >= 4 is 33.2 Å². The van der Waals surface area contributed by atoms with E-state index in [1.807, 2.05) is 0 Å². The van der Waals surface area contributed by atoms with Crippen LogP contribution in [-0.2, 0) is 6.54 Å². The largest absolute Gasteiger partial charge is 0.379 e. The van der Waals surface area contributed by atoms with Crippen molar-refractivity contribution in [2.45, 2.75) is 6.54 Å². The zero-order chi connectivity index (χ0) is 14.0. The lowest BCUT2D eigenvalue weighted by Gasteiger charge is -2.11. The molecule has 0 aromatic heterocycles. The molecular weight excluding hydrogens is 343 g/mol. The predicted octanol–water partition coefficient (Wildman–Crippen LogP) is 5.13. The van der Waals surface area contributed by atoms with Crippen LogP contribution in [0.25, 0.3) is 0 Å². The van der Waals surface area contributed by atoms with E-state index < -0.39 is 17.5 Å². The minimum Gasteiger partial charge on any atom is -0.379 e. The van der Waals surface area contributed by atoms with Crippen molar-refractivity contribution in [1.29, 1.82) is 0 Å². The van der Waals surface area contributed by atoms with Gasteiger partial charge in [0, 0.05) is 16.6 Å². The van der Waals surface area contributed by atoms with E-state index in [2.05, 4.69) is 21.2 Å². The molecule has 0 radical (unpaired) electrons. The third-order valence-electron chi connectivity index (χ3n) is 2.47. The van der Waals surface area contributed by atoms with Crippen LogP contribution in [-0.4, -0.2) is 0 Å². The van der Waals surface area contributed by atoms with Gasteiger partial charge in [-0.3, -0.25) is 0 Å². The second kappa shape index (κ2) is 5.84. The van der Waals surface area contributed by atoms with E-state index in [4.69, 9.17) is 11.6 Å². The Labute approximate surface area is 121 Å². The van der Waals surface area contributed by atoms with Crippen LogP contribution >= 0.6 is 27.5 Å². The van der Waals surface area contributed by atoms with Crippen molar-refractivity contribution < 1.29 is 13.2 Å². The van der Waals surface area contributed by atoms with E-state index in [-0.39, 0.29) is 17.1 Å². The molecule has 100 valence electrons. The molecule has 0 heterocycles. The molecule has 0 aliphatic heterocycles. The number of halogens is 5. The van der Waals surface area contributed by atoms with E-state index in [9.17, 15) is 13.2 Å². The Hall–Kier alpha value is -1.20. The first-order valence-corrected chi connectivity index (χ1v) is 6.47. The molecule has 0 unspecified atom stereocenters. The fourth-order valence-electron chi connectivity index (χ4n) is 1.57. The van der Waals surface area contributed by atoms with Crippen molar-refractivity contribution in [2.75, 3.05) is 5.32 Å². The summed E-state index contributed by atoms with van der Waals surface area (Å²) in [6.07, 6.45) is 0. The highest BCUT2D eigenvalue weighted by atomic mass is 79.9. The lowest BCUT2D eigenvalue weighted by Crippen LogP contribution is -2.03. The number of benzene rings is 2. The Morgan fingerprint density at radius 1 is 1.05 bits per heavy atom. The normalized spacial score (nSPS) is 10.6. The van der Waals surface area contributed by atoms with Gasteiger partial charge in [0.2, 0.25) is 0 Å². The van der Waals surface area contributed by atoms with E-state index in [1.54, 1.807) is 0 Å². The first kappa shape index (κ1) is 14.2. The van der Waals surface area contributed by atoms with Gasteiger partial charge in [-0.25, -0.2) is 13.2 Å². The second-order valence-electron chi connectivity index (χ2n) is 3.83. The van der Waals surface area contributed by atoms with Crippen LogP contribution in [0.1, 0.15) is 5.56 Å². The minimum atomic E-state index is -0.525. The Morgan fingerprint density at radius 2 is 1.79 bits per heavy atom. The molecule has 1 N–H and O–H groups in total. The first-order valence-electron chi connectivity index (χ1n) is 5.29. The summed E-state index contributed by atoms with van der Waals surface area (Å²) in [5.41, 5.74) is 0.582. The van der Waals surface area contributed by atoms with Gasteiger partial charge in [0.05, 0.1) is 10.7 Å². The molecule has 2 aromatic carbocycles. The monoisotopic (exact) mass is 349 g/mol. The molecule has 0 fully saturated rings. The Balaban J connectivity index is 2.21. The molecule has 0 bridgehead atoms. The number of hydrogen-bond acceptors (Lipinski definition) is 1. The summed E-state index contributed by atoms with van der Waals surface area (Å²) in [7, 11) is 0. The van der Waals surface area contributed by atoms with Gasteiger partial charge in [-0.05, 0) is 46.3 Å². The number of rotatable bonds is 3. The zero-order valence-electron chi connectivity index (χ0n) is 9.48. The third kappa shape index (κ3) is 3.42. The summed E-state index contributed by atoms with van der Waals surface area (Å²) < 4.78 is 39.9. The van der Waals surface area contributed by atoms with Crippen LogP contribution in [0.2, 0.25) is 5.02 Å². The average molecular weight is 351 g/mol. The van der Waals surface area contributed by atoms with Gasteiger partial charge in [-0.1, -0.05) is 11.6 Å². The summed E-state index contributed by atoms with van der Waals surface area (Å²) in [5, 5.41) is 3.00. The maximum atomic E-state index is 13.4. The highest BCUT2D eigenvalue weighted by molar-refractivity contribution is 9.10. The van der Waals surface area contributed by atoms with Crippen LogP contribution in [0.4, 0.5) is 18.9 Å². The Morgan fingerprint density at radius 3 is 2.47 bits per heavy atom. The SMILES string of the molecule is Fc1cc(Cl)c(NCc2cc(F)ccc2F)c(Br)c1. The lowest BCUT2D eigenvalue weighted by atomic mass is 10.2. The standard InChI is InChI=1S/C13H8BrClF3N/c14-10-4-9(17)5-11(15)13(10)19-6-7-3-8(16)1-2-12(7)18/h1-5,19H,6H2. The van der Waals surface area contributed by atoms with E-state index in [0.29, 0.717) is 10.2 Å². The van der Waals surface area contributed by atoms with Crippen molar-refractivity contribution in [3.63, 3.8) is 0 Å². The highest BCUT2D eigenvalue weighted by Gasteiger charge is 2.09. The summed E-state index contributed by atoms with van der Waals surface area (Å²) in [6, 6.07) is 5.55. The topological polar surface area (TPSA) is 12.0 Å². The van der Waals surface area contributed by atoms with E-state index >= 15 is 0 Å². The first-order chi connectivity index (χ1) is 8.97. The van der Waals surface area contributed by atoms with E-state index in [0.717, 1.165) is 24.3 Å². The summed E-state index contributed by atoms with van der Waals surface area (Å²) >= 11 is 9.02. The molecular formula is C13H8BrClF3N. The second-order valence-corrected chi connectivity index (χ2v) is 5.10. The molecule has 2 rings (SSSR count). The Kier molecular flexibility index (Phi) is 4.37. The summed E-state index contributed by atoms with van der Waals surface area (Å²) in [4.78, 5) is 0. The zero-order valence-corrected chi connectivity index (χ0v) is 11.8. The van der Waals surface area contributed by atoms with Crippen LogP contribution in [0.15, 0.2) is 34.8 Å². The Bertz CT molecular complexity index is 596. The molecule has 2 aromatic rings. The van der Waals surface area contributed by atoms with Crippen LogP contribution in [0.5, 0.6) is 0 Å². The van der Waals surface area contributed by atoms with Crippen molar-refractivity contribution in [3.8, 4) is 0 Å². The van der Waals surface area contributed by atoms with Crippen molar-refractivity contribution in [2.24, 2.45) is 0 Å². The fourth-order valence-corrected chi connectivity index (χ4v) is 2.53. The molecule has 0 aliphatic carbocycles. The minimum absolute atomic E-state index is 0.0353. The average Bonchev–Trinajstić information content (AvgIpc) is 2.32. The number of nitrogens with one attached hydrogen (secondary N) is 1. The summed E-state index contributed by atoms with van der Waals surface area (Å²) in [5.74, 6) is -1.54. The van der Waals surface area contributed by atoms with Gasteiger partial charge < -0.3 is 5.32 Å². The number of hydrogen-bond donors (Lipinski definition) is 1. The van der Waals surface area contributed by atoms with E-state index in [1.165, 1.54) is 6.07 Å². The van der Waals surface area contributed by atoms with Gasteiger partial charge in [-0.2, -0.15) is 0 Å².